The highest BCUT2D eigenvalue weighted by atomic mass is 32.1. The second-order valence-electron chi connectivity index (χ2n) is 5.64. The number of nitrogens with zero attached hydrogens (tertiary/aromatic N) is 2. The first kappa shape index (κ1) is 16.5. The van der Waals surface area contributed by atoms with Gasteiger partial charge in [-0.3, -0.25) is 4.79 Å². The van der Waals surface area contributed by atoms with Crippen molar-refractivity contribution in [2.75, 3.05) is 32.7 Å². The van der Waals surface area contributed by atoms with E-state index in [9.17, 15) is 9.59 Å². The van der Waals surface area contributed by atoms with Crippen LogP contribution in [0.4, 0.5) is 4.79 Å². The van der Waals surface area contributed by atoms with E-state index in [0.717, 1.165) is 16.0 Å². The molecule has 1 aliphatic heterocycles. The first-order valence-corrected chi connectivity index (χ1v) is 9.03. The number of urea groups is 1. The number of hydrogen-bond acceptors (Lipinski definition) is 3. The van der Waals surface area contributed by atoms with E-state index < -0.39 is 0 Å². The molecule has 24 heavy (non-hydrogen) atoms. The van der Waals surface area contributed by atoms with Crippen molar-refractivity contribution in [2.45, 2.75) is 6.92 Å². The normalized spacial score (nSPS) is 14.5. The lowest BCUT2D eigenvalue weighted by Crippen LogP contribution is -2.53. The van der Waals surface area contributed by atoms with Crippen LogP contribution in [0.5, 0.6) is 0 Å². The molecule has 0 spiro atoms. The maximum absolute atomic E-state index is 12.9. The molecule has 3 rings (SSSR count). The van der Waals surface area contributed by atoms with Crippen LogP contribution in [0, 0.1) is 0 Å². The summed E-state index contributed by atoms with van der Waals surface area (Å²) in [5.74, 6) is 0.0550. The van der Waals surface area contributed by atoms with E-state index >= 15 is 0 Å². The third kappa shape index (κ3) is 3.43. The number of nitrogens with one attached hydrogen (secondary N) is 1. The van der Waals surface area contributed by atoms with Gasteiger partial charge < -0.3 is 15.1 Å². The van der Waals surface area contributed by atoms with Crippen LogP contribution in [-0.4, -0.2) is 54.5 Å². The van der Waals surface area contributed by atoms with Crippen molar-refractivity contribution >= 4 is 23.3 Å². The number of amides is 3. The molecule has 1 saturated heterocycles. The molecule has 5 nitrogen and oxygen atoms in total. The fraction of sp³-hybridized carbons (Fsp3) is 0.333. The molecule has 2 aromatic rings. The monoisotopic (exact) mass is 343 g/mol. The van der Waals surface area contributed by atoms with E-state index in [1.54, 1.807) is 4.90 Å². The maximum atomic E-state index is 12.9. The summed E-state index contributed by atoms with van der Waals surface area (Å²) in [6.07, 6.45) is 0. The molecule has 3 amide bonds. The Morgan fingerprint density at radius 3 is 2.38 bits per heavy atom. The SMILES string of the molecule is CCNC(=O)N1CCN(C(=O)c2sccc2-c2ccccc2)CC1. The van der Waals surface area contributed by atoms with E-state index in [1.807, 2.05) is 53.6 Å². The van der Waals surface area contributed by atoms with Gasteiger partial charge in [0.1, 0.15) is 0 Å². The Hall–Kier alpha value is -2.34. The molecule has 1 aromatic heterocycles. The Morgan fingerprint density at radius 1 is 1.04 bits per heavy atom. The van der Waals surface area contributed by atoms with Crippen LogP contribution in [0.3, 0.4) is 0 Å². The van der Waals surface area contributed by atoms with Crippen LogP contribution in [0.2, 0.25) is 0 Å². The summed E-state index contributed by atoms with van der Waals surface area (Å²) in [7, 11) is 0. The fourth-order valence-corrected chi connectivity index (χ4v) is 3.72. The number of carbonyl (C=O) groups excluding carboxylic acids is 2. The molecule has 2 heterocycles. The Kier molecular flexibility index (Phi) is 5.15. The highest BCUT2D eigenvalue weighted by Crippen LogP contribution is 2.29. The van der Waals surface area contributed by atoms with E-state index in [1.165, 1.54) is 11.3 Å². The Morgan fingerprint density at radius 2 is 1.71 bits per heavy atom. The van der Waals surface area contributed by atoms with Crippen LogP contribution in [0.1, 0.15) is 16.6 Å². The molecule has 0 radical (unpaired) electrons. The summed E-state index contributed by atoms with van der Waals surface area (Å²) in [5.41, 5.74) is 2.04. The van der Waals surface area contributed by atoms with Gasteiger partial charge in [0.05, 0.1) is 4.88 Å². The van der Waals surface area contributed by atoms with Crippen molar-refractivity contribution in [1.29, 1.82) is 0 Å². The number of piperazine rings is 1. The van der Waals surface area contributed by atoms with Gasteiger partial charge in [0, 0.05) is 38.3 Å². The van der Waals surface area contributed by atoms with E-state index in [0.29, 0.717) is 32.7 Å². The van der Waals surface area contributed by atoms with Crippen LogP contribution >= 0.6 is 11.3 Å². The highest BCUT2D eigenvalue weighted by Gasteiger charge is 2.26. The number of hydrogen-bond donors (Lipinski definition) is 1. The van der Waals surface area contributed by atoms with Gasteiger partial charge >= 0.3 is 6.03 Å². The van der Waals surface area contributed by atoms with Crippen LogP contribution in [-0.2, 0) is 0 Å². The quantitative estimate of drug-likeness (QED) is 0.932. The number of rotatable bonds is 3. The first-order valence-electron chi connectivity index (χ1n) is 8.15. The minimum atomic E-state index is -0.0503. The van der Waals surface area contributed by atoms with Gasteiger partial charge in [-0.2, -0.15) is 0 Å². The molecule has 1 N–H and O–H groups in total. The van der Waals surface area contributed by atoms with Gasteiger partial charge in [-0.25, -0.2) is 4.79 Å². The van der Waals surface area contributed by atoms with E-state index in [2.05, 4.69) is 5.32 Å². The van der Waals surface area contributed by atoms with Crippen molar-refractivity contribution in [3.05, 3.63) is 46.7 Å². The molecule has 0 saturated carbocycles. The standard InChI is InChI=1S/C18H21N3O2S/c1-2-19-18(23)21-11-9-20(10-12-21)17(22)16-15(8-13-24-16)14-6-4-3-5-7-14/h3-8,13H,2,9-12H2,1H3,(H,19,23). The molecule has 0 bridgehead atoms. The largest absolute Gasteiger partial charge is 0.338 e. The van der Waals surface area contributed by atoms with Crippen LogP contribution in [0.25, 0.3) is 11.1 Å². The average molecular weight is 343 g/mol. The summed E-state index contributed by atoms with van der Waals surface area (Å²) < 4.78 is 0. The highest BCUT2D eigenvalue weighted by molar-refractivity contribution is 7.12. The van der Waals surface area contributed by atoms with Gasteiger partial charge in [-0.15, -0.1) is 11.3 Å². The fourth-order valence-electron chi connectivity index (χ4n) is 2.84. The average Bonchev–Trinajstić information content (AvgIpc) is 3.12. The summed E-state index contributed by atoms with van der Waals surface area (Å²) in [4.78, 5) is 29.1. The topological polar surface area (TPSA) is 52.7 Å². The zero-order valence-corrected chi connectivity index (χ0v) is 14.5. The van der Waals surface area contributed by atoms with Gasteiger partial charge in [-0.1, -0.05) is 30.3 Å². The van der Waals surface area contributed by atoms with Crippen molar-refractivity contribution < 1.29 is 9.59 Å². The van der Waals surface area contributed by atoms with Crippen molar-refractivity contribution in [2.24, 2.45) is 0 Å². The molecule has 6 heteroatoms. The predicted octanol–water partition coefficient (Wildman–Crippen LogP) is 2.90. The molecule has 1 fully saturated rings. The smallest absolute Gasteiger partial charge is 0.317 e. The third-order valence-electron chi connectivity index (χ3n) is 4.13. The van der Waals surface area contributed by atoms with Crippen LogP contribution < -0.4 is 5.32 Å². The lowest BCUT2D eigenvalue weighted by molar-refractivity contribution is 0.0671. The van der Waals surface area contributed by atoms with Gasteiger partial charge in [0.15, 0.2) is 0 Å². The Balaban J connectivity index is 1.69. The van der Waals surface area contributed by atoms with Gasteiger partial charge in [0.2, 0.25) is 0 Å². The number of carbonyl (C=O) groups is 2. The minimum Gasteiger partial charge on any atom is -0.338 e. The zero-order valence-electron chi connectivity index (χ0n) is 13.7. The molecule has 1 aromatic carbocycles. The second-order valence-corrected chi connectivity index (χ2v) is 6.56. The van der Waals surface area contributed by atoms with Crippen molar-refractivity contribution in [3.8, 4) is 11.1 Å². The molecule has 0 unspecified atom stereocenters. The summed E-state index contributed by atoms with van der Waals surface area (Å²) in [6, 6.07) is 11.9. The second kappa shape index (κ2) is 7.49. The van der Waals surface area contributed by atoms with Gasteiger partial charge in [-0.05, 0) is 23.9 Å². The minimum absolute atomic E-state index is 0.0503. The van der Waals surface area contributed by atoms with Crippen molar-refractivity contribution in [3.63, 3.8) is 0 Å². The van der Waals surface area contributed by atoms with E-state index in [-0.39, 0.29) is 11.9 Å². The van der Waals surface area contributed by atoms with Crippen LogP contribution in [0.15, 0.2) is 41.8 Å². The summed E-state index contributed by atoms with van der Waals surface area (Å²) in [6.45, 7) is 4.81. The molecule has 1 aliphatic rings. The number of thiophene rings is 1. The lowest BCUT2D eigenvalue weighted by Gasteiger charge is -2.34. The predicted molar refractivity (Wildman–Crippen MR) is 96.3 cm³/mol. The lowest BCUT2D eigenvalue weighted by atomic mass is 10.1. The van der Waals surface area contributed by atoms with Crippen molar-refractivity contribution in [1.82, 2.24) is 15.1 Å². The molecule has 0 aliphatic carbocycles. The first-order chi connectivity index (χ1) is 11.7. The Bertz CT molecular complexity index is 706. The number of benzene rings is 1. The summed E-state index contributed by atoms with van der Waals surface area (Å²) in [5, 5.41) is 4.76. The molecule has 0 atom stereocenters. The third-order valence-corrected chi connectivity index (χ3v) is 5.03. The maximum Gasteiger partial charge on any atom is 0.317 e. The Labute approximate surface area is 145 Å². The molecular weight excluding hydrogens is 322 g/mol. The zero-order chi connectivity index (χ0) is 16.9. The summed E-state index contributed by atoms with van der Waals surface area (Å²) >= 11 is 1.48. The van der Waals surface area contributed by atoms with Gasteiger partial charge in [0.25, 0.3) is 5.91 Å². The van der Waals surface area contributed by atoms with E-state index in [4.69, 9.17) is 0 Å². The molecule has 126 valence electrons. The molecular formula is C18H21N3O2S.